The molecule has 2 N–H and O–H groups in total. The van der Waals surface area contributed by atoms with Crippen molar-refractivity contribution in [3.05, 3.63) is 18.5 Å². The fourth-order valence-corrected chi connectivity index (χ4v) is 2.79. The van der Waals surface area contributed by atoms with Gasteiger partial charge < -0.3 is 15.4 Å². The highest BCUT2D eigenvalue weighted by molar-refractivity contribution is 5.22. The molecule has 2 heterocycles. The van der Waals surface area contributed by atoms with Crippen molar-refractivity contribution in [1.82, 2.24) is 15.3 Å². The van der Waals surface area contributed by atoms with Crippen LogP contribution in [0.15, 0.2) is 18.5 Å². The second-order valence-electron chi connectivity index (χ2n) is 4.69. The summed E-state index contributed by atoms with van der Waals surface area (Å²) in [6, 6.07) is 2.37. The average molecular weight is 234 g/mol. The van der Waals surface area contributed by atoms with Crippen molar-refractivity contribution in [1.29, 1.82) is 0 Å². The highest BCUT2D eigenvalue weighted by Gasteiger charge is 2.38. The third-order valence-electron chi connectivity index (χ3n) is 3.62. The summed E-state index contributed by atoms with van der Waals surface area (Å²) in [6.07, 6.45) is 6.30. The monoisotopic (exact) mass is 234 g/mol. The Morgan fingerprint density at radius 1 is 1.35 bits per heavy atom. The molecule has 0 spiro atoms. The summed E-state index contributed by atoms with van der Waals surface area (Å²) in [4.78, 5) is 8.33. The minimum atomic E-state index is 0.361. The lowest BCUT2D eigenvalue weighted by Crippen LogP contribution is -2.48. The molecular weight excluding hydrogens is 216 g/mol. The topological polar surface area (TPSA) is 59.1 Å². The lowest BCUT2D eigenvalue weighted by atomic mass is 10.0. The molecule has 3 rings (SSSR count). The van der Waals surface area contributed by atoms with Crippen LogP contribution in [0.4, 0.5) is 5.95 Å². The first-order valence-electron chi connectivity index (χ1n) is 6.29. The van der Waals surface area contributed by atoms with E-state index >= 15 is 0 Å². The molecular formula is C12H18N4O. The van der Waals surface area contributed by atoms with Crippen LogP contribution in [0.5, 0.6) is 0 Å². The number of morpholine rings is 1. The Morgan fingerprint density at radius 3 is 3.12 bits per heavy atom. The standard InChI is InChI=1S/C12H18N4O/c1-4-14-12(15-5-1)16-8-9-2-3-10-11(9)17-7-6-13-10/h1,4-5,9-11,13H,2-3,6-8H2,(H,14,15,16). The molecule has 2 aliphatic rings. The predicted octanol–water partition coefficient (Wildman–Crippen LogP) is 0.655. The first-order valence-corrected chi connectivity index (χ1v) is 6.29. The van der Waals surface area contributed by atoms with E-state index in [9.17, 15) is 0 Å². The van der Waals surface area contributed by atoms with E-state index in [1.165, 1.54) is 12.8 Å². The van der Waals surface area contributed by atoms with Crippen molar-refractivity contribution in [2.45, 2.75) is 25.0 Å². The maximum atomic E-state index is 5.86. The Morgan fingerprint density at radius 2 is 2.24 bits per heavy atom. The Hall–Kier alpha value is -1.20. The van der Waals surface area contributed by atoms with Gasteiger partial charge in [-0.05, 0) is 18.9 Å². The number of aromatic nitrogens is 2. The summed E-state index contributed by atoms with van der Waals surface area (Å²) in [6.45, 7) is 2.72. The van der Waals surface area contributed by atoms with Crippen LogP contribution < -0.4 is 10.6 Å². The summed E-state index contributed by atoms with van der Waals surface area (Å²) < 4.78 is 5.86. The molecule has 1 saturated carbocycles. The molecule has 1 saturated heterocycles. The quantitative estimate of drug-likeness (QED) is 0.804. The number of anilines is 1. The van der Waals surface area contributed by atoms with Gasteiger partial charge in [-0.2, -0.15) is 0 Å². The molecule has 1 aromatic rings. The van der Waals surface area contributed by atoms with E-state index in [1.54, 1.807) is 12.4 Å². The Kier molecular flexibility index (Phi) is 3.20. The van der Waals surface area contributed by atoms with Gasteiger partial charge in [0.2, 0.25) is 5.95 Å². The zero-order valence-corrected chi connectivity index (χ0v) is 9.80. The maximum Gasteiger partial charge on any atom is 0.222 e. The summed E-state index contributed by atoms with van der Waals surface area (Å²) in [7, 11) is 0. The van der Waals surface area contributed by atoms with Gasteiger partial charge in [-0.25, -0.2) is 9.97 Å². The van der Waals surface area contributed by atoms with Crippen LogP contribution in [0.2, 0.25) is 0 Å². The molecule has 2 fully saturated rings. The van der Waals surface area contributed by atoms with Crippen molar-refractivity contribution in [3.8, 4) is 0 Å². The lowest BCUT2D eigenvalue weighted by Gasteiger charge is -2.30. The predicted molar refractivity (Wildman–Crippen MR) is 64.8 cm³/mol. The molecule has 5 nitrogen and oxygen atoms in total. The number of ether oxygens (including phenoxy) is 1. The number of rotatable bonds is 3. The molecule has 3 unspecified atom stereocenters. The van der Waals surface area contributed by atoms with Gasteiger partial charge >= 0.3 is 0 Å². The molecule has 3 atom stereocenters. The van der Waals surface area contributed by atoms with Gasteiger partial charge in [0.25, 0.3) is 0 Å². The summed E-state index contributed by atoms with van der Waals surface area (Å²) in [5, 5.41) is 6.81. The van der Waals surface area contributed by atoms with E-state index < -0.39 is 0 Å². The van der Waals surface area contributed by atoms with E-state index in [-0.39, 0.29) is 0 Å². The maximum absolute atomic E-state index is 5.86. The second kappa shape index (κ2) is 4.98. The van der Waals surface area contributed by atoms with Crippen LogP contribution in [-0.2, 0) is 4.74 Å². The van der Waals surface area contributed by atoms with Crippen molar-refractivity contribution in [3.63, 3.8) is 0 Å². The summed E-state index contributed by atoms with van der Waals surface area (Å²) in [5.74, 6) is 1.27. The average Bonchev–Trinajstić information content (AvgIpc) is 2.81. The van der Waals surface area contributed by atoms with Crippen LogP contribution in [-0.4, -0.2) is 41.8 Å². The van der Waals surface area contributed by atoms with Gasteiger partial charge in [-0.3, -0.25) is 0 Å². The fraction of sp³-hybridized carbons (Fsp3) is 0.667. The molecule has 1 aliphatic carbocycles. The first kappa shape index (κ1) is 10.9. The zero-order valence-electron chi connectivity index (χ0n) is 9.80. The van der Waals surface area contributed by atoms with Crippen LogP contribution in [0.3, 0.4) is 0 Å². The van der Waals surface area contributed by atoms with E-state index in [4.69, 9.17) is 4.74 Å². The number of fused-ring (bicyclic) bond motifs is 1. The normalized spacial score (nSPS) is 32.1. The van der Waals surface area contributed by atoms with Gasteiger partial charge in [-0.1, -0.05) is 0 Å². The Balaban J connectivity index is 1.55. The van der Waals surface area contributed by atoms with E-state index in [2.05, 4.69) is 20.6 Å². The number of hydrogen-bond donors (Lipinski definition) is 2. The third kappa shape index (κ3) is 2.40. The van der Waals surface area contributed by atoms with Gasteiger partial charge in [0.05, 0.1) is 12.7 Å². The molecule has 0 amide bonds. The molecule has 92 valence electrons. The minimum Gasteiger partial charge on any atom is -0.375 e. The second-order valence-corrected chi connectivity index (χ2v) is 4.69. The summed E-state index contributed by atoms with van der Waals surface area (Å²) >= 11 is 0. The molecule has 1 aliphatic heterocycles. The number of nitrogens with one attached hydrogen (secondary N) is 2. The highest BCUT2D eigenvalue weighted by atomic mass is 16.5. The van der Waals surface area contributed by atoms with Crippen molar-refractivity contribution >= 4 is 5.95 Å². The SMILES string of the molecule is c1cnc(NCC2CCC3NCCOC23)nc1. The van der Waals surface area contributed by atoms with Gasteiger partial charge in [-0.15, -0.1) is 0 Å². The summed E-state index contributed by atoms with van der Waals surface area (Å²) in [5.41, 5.74) is 0. The Bertz CT molecular complexity index is 359. The number of nitrogens with zero attached hydrogens (tertiary/aromatic N) is 2. The zero-order chi connectivity index (χ0) is 11.5. The lowest BCUT2D eigenvalue weighted by molar-refractivity contribution is -0.0115. The smallest absolute Gasteiger partial charge is 0.222 e. The van der Waals surface area contributed by atoms with Crippen molar-refractivity contribution in [2.24, 2.45) is 5.92 Å². The first-order chi connectivity index (χ1) is 8.43. The molecule has 0 aromatic carbocycles. The van der Waals surface area contributed by atoms with Gasteiger partial charge in [0.15, 0.2) is 0 Å². The van der Waals surface area contributed by atoms with Crippen LogP contribution in [0, 0.1) is 5.92 Å². The van der Waals surface area contributed by atoms with Gasteiger partial charge in [0, 0.05) is 37.4 Å². The third-order valence-corrected chi connectivity index (χ3v) is 3.62. The molecule has 1 aromatic heterocycles. The van der Waals surface area contributed by atoms with Crippen LogP contribution in [0.25, 0.3) is 0 Å². The van der Waals surface area contributed by atoms with Crippen molar-refractivity contribution < 1.29 is 4.74 Å². The molecule has 5 heteroatoms. The minimum absolute atomic E-state index is 0.361. The van der Waals surface area contributed by atoms with E-state index in [0.29, 0.717) is 24.0 Å². The fourth-order valence-electron chi connectivity index (χ4n) is 2.79. The molecule has 0 radical (unpaired) electrons. The van der Waals surface area contributed by atoms with E-state index in [1.807, 2.05) is 6.07 Å². The van der Waals surface area contributed by atoms with E-state index in [0.717, 1.165) is 19.7 Å². The molecule has 0 bridgehead atoms. The van der Waals surface area contributed by atoms with Crippen molar-refractivity contribution in [2.75, 3.05) is 25.0 Å². The molecule has 17 heavy (non-hydrogen) atoms. The van der Waals surface area contributed by atoms with Gasteiger partial charge in [0.1, 0.15) is 0 Å². The Labute approximate surface area is 101 Å². The highest BCUT2D eigenvalue weighted by Crippen LogP contribution is 2.30. The van der Waals surface area contributed by atoms with Crippen LogP contribution >= 0.6 is 0 Å². The largest absolute Gasteiger partial charge is 0.375 e. The van der Waals surface area contributed by atoms with Crippen LogP contribution in [0.1, 0.15) is 12.8 Å². The number of hydrogen-bond acceptors (Lipinski definition) is 5.